The van der Waals surface area contributed by atoms with Crippen molar-refractivity contribution in [1.29, 1.82) is 0 Å². The van der Waals surface area contributed by atoms with Crippen LogP contribution >= 0.6 is 0 Å². The summed E-state index contributed by atoms with van der Waals surface area (Å²) in [6.45, 7) is 5.91. The van der Waals surface area contributed by atoms with Gasteiger partial charge in [0.05, 0.1) is 0 Å². The highest BCUT2D eigenvalue weighted by Gasteiger charge is 2.24. The molecule has 1 aliphatic rings. The van der Waals surface area contributed by atoms with Crippen LogP contribution < -0.4 is 10.2 Å². The summed E-state index contributed by atoms with van der Waals surface area (Å²) in [7, 11) is 0. The Bertz CT molecular complexity index is 1010. The zero-order chi connectivity index (χ0) is 21.6. The van der Waals surface area contributed by atoms with Gasteiger partial charge in [0.2, 0.25) is 5.89 Å². The number of hydrogen-bond donors (Lipinski definition) is 1. The van der Waals surface area contributed by atoms with Gasteiger partial charge in [-0.15, -0.1) is 5.10 Å². The van der Waals surface area contributed by atoms with Gasteiger partial charge < -0.3 is 14.6 Å². The molecule has 1 atom stereocenters. The number of benzene rings is 2. The molecule has 1 aliphatic heterocycles. The third kappa shape index (κ3) is 5.32. The Labute approximate surface area is 183 Å². The molecule has 1 N–H and O–H groups in total. The molecule has 0 radical (unpaired) electrons. The van der Waals surface area contributed by atoms with Crippen molar-refractivity contribution in [3.05, 3.63) is 76.7 Å². The van der Waals surface area contributed by atoms with Crippen LogP contribution in [0.2, 0.25) is 0 Å². The first-order chi connectivity index (χ1) is 15.1. The molecule has 1 aromatic heterocycles. The van der Waals surface area contributed by atoms with E-state index in [4.69, 9.17) is 4.42 Å². The Kier molecular flexibility index (Phi) is 6.65. The van der Waals surface area contributed by atoms with E-state index in [-0.39, 0.29) is 5.91 Å². The number of carbonyl (C=O) groups excluding carboxylic acids is 1. The maximum absolute atomic E-state index is 13.0. The second-order valence-electron chi connectivity index (χ2n) is 8.34. The van der Waals surface area contributed by atoms with Crippen molar-refractivity contribution >= 4 is 11.9 Å². The zero-order valence-electron chi connectivity index (χ0n) is 18.3. The summed E-state index contributed by atoms with van der Waals surface area (Å²) in [5.41, 5.74) is 3.99. The van der Waals surface area contributed by atoms with Gasteiger partial charge in [-0.25, -0.2) is 0 Å². The fourth-order valence-electron chi connectivity index (χ4n) is 3.93. The molecule has 6 nitrogen and oxygen atoms in total. The summed E-state index contributed by atoms with van der Waals surface area (Å²) in [5, 5.41) is 11.8. The summed E-state index contributed by atoms with van der Waals surface area (Å²) in [6.07, 6.45) is 5.32. The Balaban J connectivity index is 1.57. The first-order valence-corrected chi connectivity index (χ1v) is 11.1. The van der Waals surface area contributed by atoms with Crippen molar-refractivity contribution in [1.82, 2.24) is 15.5 Å². The molecule has 4 rings (SSSR count). The minimum Gasteiger partial charge on any atom is -0.406 e. The van der Waals surface area contributed by atoms with Gasteiger partial charge in [-0.05, 0) is 55.5 Å². The van der Waals surface area contributed by atoms with Crippen LogP contribution in [-0.2, 0) is 6.42 Å². The van der Waals surface area contributed by atoms with Crippen molar-refractivity contribution in [2.24, 2.45) is 0 Å². The number of aryl methyl sites for hydroxylation is 2. The second-order valence-corrected chi connectivity index (χ2v) is 8.34. The Morgan fingerprint density at radius 3 is 2.45 bits per heavy atom. The van der Waals surface area contributed by atoms with Gasteiger partial charge in [0.15, 0.2) is 0 Å². The number of aromatic nitrogens is 2. The smallest absolute Gasteiger partial charge is 0.318 e. The highest BCUT2D eigenvalue weighted by molar-refractivity contribution is 5.94. The van der Waals surface area contributed by atoms with E-state index in [1.807, 2.05) is 62.4 Å². The lowest BCUT2D eigenvalue weighted by atomic mass is 10.0. The number of anilines is 1. The first-order valence-electron chi connectivity index (χ1n) is 11.1. The number of rotatable bonds is 6. The topological polar surface area (TPSA) is 71.3 Å². The molecule has 1 amide bonds. The molecular weight excluding hydrogens is 388 g/mol. The van der Waals surface area contributed by atoms with Gasteiger partial charge in [0, 0.05) is 25.1 Å². The molecule has 1 fully saturated rings. The molecule has 3 aromatic rings. The quantitative estimate of drug-likeness (QED) is 0.624. The Morgan fingerprint density at radius 1 is 1.00 bits per heavy atom. The summed E-state index contributed by atoms with van der Waals surface area (Å²) >= 11 is 0. The van der Waals surface area contributed by atoms with E-state index in [0.717, 1.165) is 42.6 Å². The average Bonchev–Trinajstić information content (AvgIpc) is 3.11. The average molecular weight is 419 g/mol. The summed E-state index contributed by atoms with van der Waals surface area (Å²) in [6, 6.07) is 16.0. The largest absolute Gasteiger partial charge is 0.406 e. The van der Waals surface area contributed by atoms with Gasteiger partial charge >= 0.3 is 6.01 Å². The van der Waals surface area contributed by atoms with E-state index >= 15 is 0 Å². The van der Waals surface area contributed by atoms with Crippen molar-refractivity contribution < 1.29 is 9.21 Å². The molecule has 1 unspecified atom stereocenters. The van der Waals surface area contributed by atoms with Crippen LogP contribution in [0.15, 0.2) is 52.9 Å². The molecule has 2 heterocycles. The van der Waals surface area contributed by atoms with E-state index in [1.54, 1.807) is 0 Å². The molecule has 0 saturated carbocycles. The molecule has 2 aromatic carbocycles. The molecular formula is C25H30N4O2. The van der Waals surface area contributed by atoms with Crippen LogP contribution in [0.4, 0.5) is 6.01 Å². The molecule has 6 heteroatoms. The molecule has 0 bridgehead atoms. The van der Waals surface area contributed by atoms with Crippen LogP contribution in [0.25, 0.3) is 0 Å². The maximum atomic E-state index is 13.0. The van der Waals surface area contributed by atoms with E-state index in [9.17, 15) is 4.79 Å². The maximum Gasteiger partial charge on any atom is 0.318 e. The lowest BCUT2D eigenvalue weighted by Gasteiger charge is -2.18. The number of carbonyl (C=O) groups is 1. The molecule has 0 aliphatic carbocycles. The third-order valence-electron chi connectivity index (χ3n) is 5.96. The van der Waals surface area contributed by atoms with Crippen LogP contribution in [0.1, 0.15) is 64.7 Å². The van der Waals surface area contributed by atoms with Gasteiger partial charge in [0.1, 0.15) is 6.04 Å². The molecule has 1 saturated heterocycles. The van der Waals surface area contributed by atoms with Gasteiger partial charge in [-0.1, -0.05) is 54.3 Å². The number of nitrogens with one attached hydrogen (secondary N) is 1. The Morgan fingerprint density at radius 2 is 1.74 bits per heavy atom. The predicted molar refractivity (Wildman–Crippen MR) is 121 cm³/mol. The molecule has 0 spiro atoms. The van der Waals surface area contributed by atoms with E-state index in [0.29, 0.717) is 23.9 Å². The highest BCUT2D eigenvalue weighted by Crippen LogP contribution is 2.24. The minimum absolute atomic E-state index is 0.140. The lowest BCUT2D eigenvalue weighted by molar-refractivity contribution is 0.0930. The zero-order valence-corrected chi connectivity index (χ0v) is 18.3. The van der Waals surface area contributed by atoms with Crippen LogP contribution in [0.5, 0.6) is 0 Å². The number of nitrogens with zero attached hydrogens (tertiary/aromatic N) is 3. The van der Waals surface area contributed by atoms with Gasteiger partial charge in [0.25, 0.3) is 5.91 Å². The Hall–Kier alpha value is -3.15. The van der Waals surface area contributed by atoms with Crippen molar-refractivity contribution in [2.45, 2.75) is 52.0 Å². The van der Waals surface area contributed by atoms with Crippen LogP contribution in [0, 0.1) is 13.8 Å². The lowest BCUT2D eigenvalue weighted by Crippen LogP contribution is -2.30. The summed E-state index contributed by atoms with van der Waals surface area (Å²) in [5.74, 6) is 0.304. The van der Waals surface area contributed by atoms with E-state index in [2.05, 4.69) is 20.4 Å². The predicted octanol–water partition coefficient (Wildman–Crippen LogP) is 4.78. The van der Waals surface area contributed by atoms with Crippen molar-refractivity contribution in [2.75, 3.05) is 18.0 Å². The summed E-state index contributed by atoms with van der Waals surface area (Å²) in [4.78, 5) is 15.2. The van der Waals surface area contributed by atoms with Crippen molar-refractivity contribution in [3.8, 4) is 0 Å². The van der Waals surface area contributed by atoms with Crippen LogP contribution in [0.3, 0.4) is 0 Å². The highest BCUT2D eigenvalue weighted by atomic mass is 16.4. The molecule has 31 heavy (non-hydrogen) atoms. The van der Waals surface area contributed by atoms with Crippen LogP contribution in [-0.4, -0.2) is 29.2 Å². The standard InChI is InChI=1S/C25H30N4O2/c1-18-12-13-21(16-19(18)2)23(30)26-22(17-20-10-6-5-7-11-20)24-27-28-25(31-24)29-14-8-3-4-9-15-29/h5-7,10-13,16,22H,3-4,8-9,14-15,17H2,1-2H3,(H,26,30). The number of hydrogen-bond acceptors (Lipinski definition) is 5. The minimum atomic E-state index is -0.398. The van der Waals surface area contributed by atoms with Crippen molar-refractivity contribution in [3.63, 3.8) is 0 Å². The summed E-state index contributed by atoms with van der Waals surface area (Å²) < 4.78 is 6.08. The van der Waals surface area contributed by atoms with E-state index < -0.39 is 6.04 Å². The van der Waals surface area contributed by atoms with Gasteiger partial charge in [-0.2, -0.15) is 0 Å². The number of amides is 1. The fourth-order valence-corrected chi connectivity index (χ4v) is 3.93. The first kappa shape index (κ1) is 21.1. The SMILES string of the molecule is Cc1ccc(C(=O)NC(Cc2ccccc2)c2nnc(N3CCCCCC3)o2)cc1C. The fraction of sp³-hybridized carbons (Fsp3) is 0.400. The monoisotopic (exact) mass is 418 g/mol. The third-order valence-corrected chi connectivity index (χ3v) is 5.96. The second kappa shape index (κ2) is 9.77. The normalized spacial score (nSPS) is 15.4. The van der Waals surface area contributed by atoms with Gasteiger partial charge in [-0.3, -0.25) is 4.79 Å². The van der Waals surface area contributed by atoms with E-state index in [1.165, 1.54) is 12.8 Å². The molecule has 162 valence electrons.